The molecule has 1 atom stereocenters. The molecule has 2 heterocycles. The van der Waals surface area contributed by atoms with Crippen LogP contribution in [0.1, 0.15) is 25.2 Å². The minimum atomic E-state index is -0.281. The van der Waals surface area contributed by atoms with Crippen LogP contribution in [0.2, 0.25) is 0 Å². The van der Waals surface area contributed by atoms with Crippen LogP contribution in [0.4, 0.5) is 0 Å². The lowest BCUT2D eigenvalue weighted by atomic mass is 10.1. The number of carbonyl (C=O) groups excluding carboxylic acids is 1. The van der Waals surface area contributed by atoms with Gasteiger partial charge in [0, 0.05) is 6.20 Å². The number of nitriles is 1. The molecule has 0 bridgehead atoms. The van der Waals surface area contributed by atoms with Crippen molar-refractivity contribution in [1.29, 1.82) is 5.26 Å². The largest absolute Gasteiger partial charge is 0.467 e. The molecule has 0 radical (unpaired) electrons. The molecular formula is C16H17N3O2S. The van der Waals surface area contributed by atoms with Crippen molar-refractivity contribution >= 4 is 17.7 Å². The lowest BCUT2D eigenvalue weighted by molar-refractivity contribution is -0.121. The number of nitrogens with zero attached hydrogens (tertiary/aromatic N) is 2. The zero-order chi connectivity index (χ0) is 15.9. The molecule has 0 fully saturated rings. The lowest BCUT2D eigenvalue weighted by Gasteiger charge is -2.19. The molecule has 5 nitrogen and oxygen atoms in total. The number of furan rings is 1. The molecule has 22 heavy (non-hydrogen) atoms. The van der Waals surface area contributed by atoms with E-state index in [2.05, 4.69) is 16.4 Å². The van der Waals surface area contributed by atoms with Crippen LogP contribution in [0.3, 0.4) is 0 Å². The Bertz CT molecular complexity index is 662. The lowest BCUT2D eigenvalue weighted by Crippen LogP contribution is -2.35. The third kappa shape index (κ3) is 4.37. The van der Waals surface area contributed by atoms with Crippen LogP contribution in [0.25, 0.3) is 0 Å². The summed E-state index contributed by atoms with van der Waals surface area (Å²) < 4.78 is 5.20. The Morgan fingerprint density at radius 1 is 1.50 bits per heavy atom. The Balaban J connectivity index is 2.02. The van der Waals surface area contributed by atoms with E-state index in [0.29, 0.717) is 22.9 Å². The average molecular weight is 315 g/mol. The fraction of sp³-hybridized carbons (Fsp3) is 0.312. The van der Waals surface area contributed by atoms with Gasteiger partial charge in [0.2, 0.25) is 5.91 Å². The maximum atomic E-state index is 12.4. The molecule has 0 unspecified atom stereocenters. The molecule has 114 valence electrons. The standard InChI is InChI=1S/C16H17N3O2S/c1-11(2)15(16(20)19-10-13-4-3-7-21-13)22-14-8-12(9-17)5-6-18-14/h3-8,11,15H,10H2,1-2H3,(H,19,20)/t15-/m1/s1. The van der Waals surface area contributed by atoms with Crippen LogP contribution in [-0.4, -0.2) is 16.1 Å². The number of aromatic nitrogens is 1. The number of hydrogen-bond acceptors (Lipinski definition) is 5. The molecule has 2 aromatic heterocycles. The van der Waals surface area contributed by atoms with Crippen molar-refractivity contribution in [3.8, 4) is 6.07 Å². The highest BCUT2D eigenvalue weighted by atomic mass is 32.2. The van der Waals surface area contributed by atoms with Crippen LogP contribution in [0.15, 0.2) is 46.2 Å². The number of thioether (sulfide) groups is 1. The van der Waals surface area contributed by atoms with Gasteiger partial charge in [-0.2, -0.15) is 5.26 Å². The Kier molecular flexibility index (Phi) is 5.61. The maximum absolute atomic E-state index is 12.4. The quantitative estimate of drug-likeness (QED) is 0.829. The SMILES string of the molecule is CC(C)[C@@H](Sc1cc(C#N)ccn1)C(=O)NCc1ccco1. The zero-order valence-corrected chi connectivity index (χ0v) is 13.3. The zero-order valence-electron chi connectivity index (χ0n) is 12.4. The first-order valence-electron chi connectivity index (χ1n) is 6.93. The van der Waals surface area contributed by atoms with Crippen LogP contribution < -0.4 is 5.32 Å². The summed E-state index contributed by atoms with van der Waals surface area (Å²) in [5.41, 5.74) is 0.538. The summed E-state index contributed by atoms with van der Waals surface area (Å²) in [5.74, 6) is 0.778. The second kappa shape index (κ2) is 7.66. The minimum Gasteiger partial charge on any atom is -0.467 e. The van der Waals surface area contributed by atoms with E-state index in [9.17, 15) is 4.79 Å². The van der Waals surface area contributed by atoms with Crippen molar-refractivity contribution in [2.24, 2.45) is 5.92 Å². The number of carbonyl (C=O) groups is 1. The molecule has 0 spiro atoms. The Labute approximate surface area is 133 Å². The molecule has 0 aromatic carbocycles. The second-order valence-corrected chi connectivity index (χ2v) is 6.24. The monoisotopic (exact) mass is 315 g/mol. The highest BCUT2D eigenvalue weighted by molar-refractivity contribution is 8.00. The highest BCUT2D eigenvalue weighted by Crippen LogP contribution is 2.27. The van der Waals surface area contributed by atoms with Crippen LogP contribution in [-0.2, 0) is 11.3 Å². The molecule has 0 saturated carbocycles. The average Bonchev–Trinajstić information content (AvgIpc) is 3.03. The number of hydrogen-bond donors (Lipinski definition) is 1. The van der Waals surface area contributed by atoms with E-state index in [0.717, 1.165) is 0 Å². The summed E-state index contributed by atoms with van der Waals surface area (Å²) in [6.07, 6.45) is 3.16. The first-order chi connectivity index (χ1) is 10.6. The van der Waals surface area contributed by atoms with Gasteiger partial charge in [-0.25, -0.2) is 4.98 Å². The van der Waals surface area contributed by atoms with Gasteiger partial charge in [0.15, 0.2) is 0 Å². The van der Waals surface area contributed by atoms with Gasteiger partial charge < -0.3 is 9.73 Å². The van der Waals surface area contributed by atoms with E-state index in [1.54, 1.807) is 30.7 Å². The molecule has 0 aliphatic carbocycles. The van der Waals surface area contributed by atoms with Gasteiger partial charge in [-0.05, 0) is 30.2 Å². The van der Waals surface area contributed by atoms with E-state index in [-0.39, 0.29) is 17.1 Å². The van der Waals surface area contributed by atoms with Gasteiger partial charge in [-0.15, -0.1) is 0 Å². The summed E-state index contributed by atoms with van der Waals surface area (Å²) in [5, 5.41) is 12.2. The van der Waals surface area contributed by atoms with Crippen LogP contribution in [0.5, 0.6) is 0 Å². The molecule has 2 rings (SSSR count). The van der Waals surface area contributed by atoms with E-state index >= 15 is 0 Å². The molecule has 0 aliphatic heterocycles. The van der Waals surface area contributed by atoms with E-state index in [1.807, 2.05) is 19.9 Å². The normalized spacial score (nSPS) is 11.9. The summed E-state index contributed by atoms with van der Waals surface area (Å²) in [4.78, 5) is 16.6. The molecule has 1 N–H and O–H groups in total. The smallest absolute Gasteiger partial charge is 0.234 e. The van der Waals surface area contributed by atoms with Crippen molar-refractivity contribution in [3.05, 3.63) is 48.0 Å². The fourth-order valence-electron chi connectivity index (χ4n) is 1.85. The van der Waals surface area contributed by atoms with Crippen LogP contribution in [0, 0.1) is 17.2 Å². The van der Waals surface area contributed by atoms with Gasteiger partial charge >= 0.3 is 0 Å². The first kappa shape index (κ1) is 16.1. The molecular weight excluding hydrogens is 298 g/mol. The van der Waals surface area contributed by atoms with Crippen LogP contribution >= 0.6 is 11.8 Å². The predicted octanol–water partition coefficient (Wildman–Crippen LogP) is 2.98. The van der Waals surface area contributed by atoms with Gasteiger partial charge in [-0.3, -0.25) is 4.79 Å². The van der Waals surface area contributed by atoms with Crippen molar-refractivity contribution in [1.82, 2.24) is 10.3 Å². The Hall–Kier alpha value is -2.26. The molecule has 6 heteroatoms. The molecule has 0 aliphatic rings. The van der Waals surface area contributed by atoms with Crippen molar-refractivity contribution in [3.63, 3.8) is 0 Å². The van der Waals surface area contributed by atoms with Gasteiger partial charge in [0.05, 0.1) is 34.7 Å². The summed E-state index contributed by atoms with van der Waals surface area (Å²) >= 11 is 1.37. The van der Waals surface area contributed by atoms with Gasteiger partial charge in [0.1, 0.15) is 5.76 Å². The second-order valence-electron chi connectivity index (χ2n) is 5.07. The highest BCUT2D eigenvalue weighted by Gasteiger charge is 2.24. The molecule has 0 saturated heterocycles. The summed E-state index contributed by atoms with van der Waals surface area (Å²) in [6, 6.07) is 9.02. The number of nitrogens with one attached hydrogen (secondary N) is 1. The first-order valence-corrected chi connectivity index (χ1v) is 7.81. The Morgan fingerprint density at radius 2 is 2.32 bits per heavy atom. The maximum Gasteiger partial charge on any atom is 0.234 e. The number of rotatable bonds is 6. The van der Waals surface area contributed by atoms with Crippen molar-refractivity contribution in [2.75, 3.05) is 0 Å². The number of pyridine rings is 1. The predicted molar refractivity (Wildman–Crippen MR) is 84.0 cm³/mol. The van der Waals surface area contributed by atoms with Gasteiger partial charge in [0.25, 0.3) is 0 Å². The van der Waals surface area contributed by atoms with Gasteiger partial charge in [-0.1, -0.05) is 25.6 Å². The Morgan fingerprint density at radius 3 is 2.95 bits per heavy atom. The topological polar surface area (TPSA) is 78.9 Å². The van der Waals surface area contributed by atoms with Crippen molar-refractivity contribution in [2.45, 2.75) is 30.7 Å². The number of amides is 1. The van der Waals surface area contributed by atoms with E-state index < -0.39 is 0 Å². The van der Waals surface area contributed by atoms with E-state index in [1.165, 1.54) is 11.8 Å². The summed E-state index contributed by atoms with van der Waals surface area (Å²) in [6.45, 7) is 4.33. The third-order valence-electron chi connectivity index (χ3n) is 2.99. The van der Waals surface area contributed by atoms with E-state index in [4.69, 9.17) is 9.68 Å². The van der Waals surface area contributed by atoms with Crippen molar-refractivity contribution < 1.29 is 9.21 Å². The minimum absolute atomic E-state index is 0.0689. The third-order valence-corrected chi connectivity index (χ3v) is 4.47. The fourth-order valence-corrected chi connectivity index (χ4v) is 2.89. The summed E-state index contributed by atoms with van der Waals surface area (Å²) in [7, 11) is 0. The molecule has 2 aromatic rings. The molecule has 1 amide bonds.